The van der Waals surface area contributed by atoms with E-state index in [1.54, 1.807) is 6.20 Å². The van der Waals surface area contributed by atoms with E-state index >= 15 is 0 Å². The summed E-state index contributed by atoms with van der Waals surface area (Å²) in [6.07, 6.45) is 1.65. The number of pyridine rings is 1. The zero-order valence-electron chi connectivity index (χ0n) is 7.21. The third kappa shape index (κ3) is 1.33. The van der Waals surface area contributed by atoms with Crippen LogP contribution in [0.1, 0.15) is 5.56 Å². The van der Waals surface area contributed by atoms with E-state index in [2.05, 4.69) is 4.98 Å². The SMILES string of the molecule is Cc1c(Cl)ccc2ncc(N)cc12. The Morgan fingerprint density at radius 1 is 1.38 bits per heavy atom. The van der Waals surface area contributed by atoms with Crippen LogP contribution in [-0.4, -0.2) is 4.98 Å². The summed E-state index contributed by atoms with van der Waals surface area (Å²) in [6, 6.07) is 5.63. The predicted octanol–water partition coefficient (Wildman–Crippen LogP) is 2.78. The highest BCUT2D eigenvalue weighted by Gasteiger charge is 2.02. The lowest BCUT2D eigenvalue weighted by atomic mass is 10.1. The van der Waals surface area contributed by atoms with Gasteiger partial charge in [0.05, 0.1) is 17.4 Å². The molecule has 0 aliphatic carbocycles. The number of aryl methyl sites for hydroxylation is 1. The van der Waals surface area contributed by atoms with E-state index in [1.807, 2.05) is 25.1 Å². The molecule has 0 fully saturated rings. The Balaban J connectivity index is 2.89. The first kappa shape index (κ1) is 8.32. The van der Waals surface area contributed by atoms with Crippen LogP contribution < -0.4 is 5.73 Å². The van der Waals surface area contributed by atoms with Gasteiger partial charge in [0, 0.05) is 10.4 Å². The van der Waals surface area contributed by atoms with Crippen molar-refractivity contribution in [3.8, 4) is 0 Å². The van der Waals surface area contributed by atoms with Crippen molar-refractivity contribution < 1.29 is 0 Å². The van der Waals surface area contributed by atoms with Crippen molar-refractivity contribution in [1.29, 1.82) is 0 Å². The summed E-state index contributed by atoms with van der Waals surface area (Å²) in [5.41, 5.74) is 8.26. The molecule has 0 unspecified atom stereocenters. The van der Waals surface area contributed by atoms with Gasteiger partial charge >= 0.3 is 0 Å². The lowest BCUT2D eigenvalue weighted by Gasteiger charge is -2.03. The van der Waals surface area contributed by atoms with E-state index in [0.29, 0.717) is 5.69 Å². The molecule has 0 amide bonds. The van der Waals surface area contributed by atoms with E-state index in [-0.39, 0.29) is 0 Å². The molecule has 1 aromatic heterocycles. The molecule has 0 saturated heterocycles. The molecule has 0 radical (unpaired) electrons. The van der Waals surface area contributed by atoms with E-state index in [1.165, 1.54) is 0 Å². The molecule has 2 rings (SSSR count). The summed E-state index contributed by atoms with van der Waals surface area (Å²) in [4.78, 5) is 4.20. The van der Waals surface area contributed by atoms with Crippen LogP contribution in [0.5, 0.6) is 0 Å². The Labute approximate surface area is 81.3 Å². The van der Waals surface area contributed by atoms with Gasteiger partial charge in [-0.3, -0.25) is 4.98 Å². The summed E-state index contributed by atoms with van der Waals surface area (Å²) in [7, 11) is 0. The number of nitrogen functional groups attached to an aromatic ring is 1. The van der Waals surface area contributed by atoms with Gasteiger partial charge in [-0.05, 0) is 30.7 Å². The molecular formula is C10H9ClN2. The number of halogens is 1. The van der Waals surface area contributed by atoms with Crippen molar-refractivity contribution in [2.24, 2.45) is 0 Å². The zero-order chi connectivity index (χ0) is 9.42. The largest absolute Gasteiger partial charge is 0.397 e. The first-order chi connectivity index (χ1) is 6.18. The fraction of sp³-hybridized carbons (Fsp3) is 0.100. The van der Waals surface area contributed by atoms with E-state index in [0.717, 1.165) is 21.5 Å². The highest BCUT2D eigenvalue weighted by molar-refractivity contribution is 6.32. The Bertz CT molecular complexity index is 460. The smallest absolute Gasteiger partial charge is 0.0707 e. The number of benzene rings is 1. The number of nitrogens with two attached hydrogens (primary N) is 1. The van der Waals surface area contributed by atoms with Gasteiger partial charge in [-0.15, -0.1) is 0 Å². The summed E-state index contributed by atoms with van der Waals surface area (Å²) in [6.45, 7) is 1.96. The topological polar surface area (TPSA) is 38.9 Å². The van der Waals surface area contributed by atoms with Gasteiger partial charge in [-0.2, -0.15) is 0 Å². The minimum Gasteiger partial charge on any atom is -0.397 e. The Morgan fingerprint density at radius 2 is 2.15 bits per heavy atom. The van der Waals surface area contributed by atoms with Gasteiger partial charge in [-0.25, -0.2) is 0 Å². The molecule has 13 heavy (non-hydrogen) atoms. The second kappa shape index (κ2) is 2.89. The third-order valence-electron chi connectivity index (χ3n) is 2.09. The molecule has 0 saturated carbocycles. The lowest BCUT2D eigenvalue weighted by molar-refractivity contribution is 1.39. The van der Waals surface area contributed by atoms with Crippen LogP contribution in [0.2, 0.25) is 5.02 Å². The quantitative estimate of drug-likeness (QED) is 0.697. The number of fused-ring (bicyclic) bond motifs is 1. The first-order valence-corrected chi connectivity index (χ1v) is 4.36. The molecule has 0 aliphatic heterocycles. The van der Waals surface area contributed by atoms with Crippen LogP contribution >= 0.6 is 11.6 Å². The molecule has 66 valence electrons. The minimum atomic E-state index is 0.665. The third-order valence-corrected chi connectivity index (χ3v) is 2.50. The van der Waals surface area contributed by atoms with Gasteiger partial charge < -0.3 is 5.73 Å². The van der Waals surface area contributed by atoms with Crippen LogP contribution in [0, 0.1) is 6.92 Å². The molecule has 0 bridgehead atoms. The maximum atomic E-state index is 5.97. The number of rotatable bonds is 0. The number of hydrogen-bond acceptors (Lipinski definition) is 2. The van der Waals surface area contributed by atoms with Gasteiger partial charge in [0.25, 0.3) is 0 Å². The monoisotopic (exact) mass is 192 g/mol. The Morgan fingerprint density at radius 3 is 2.92 bits per heavy atom. The number of aromatic nitrogens is 1. The second-order valence-electron chi connectivity index (χ2n) is 3.01. The first-order valence-electron chi connectivity index (χ1n) is 3.99. The van der Waals surface area contributed by atoms with Crippen LogP contribution in [0.15, 0.2) is 24.4 Å². The van der Waals surface area contributed by atoms with E-state index in [4.69, 9.17) is 17.3 Å². The van der Waals surface area contributed by atoms with Gasteiger partial charge in [0.2, 0.25) is 0 Å². The predicted molar refractivity (Wildman–Crippen MR) is 55.9 cm³/mol. The molecule has 0 aliphatic rings. The van der Waals surface area contributed by atoms with Crippen molar-refractivity contribution in [3.05, 3.63) is 35.0 Å². The minimum absolute atomic E-state index is 0.665. The summed E-state index contributed by atoms with van der Waals surface area (Å²) >= 11 is 5.97. The summed E-state index contributed by atoms with van der Waals surface area (Å²) in [5, 5.41) is 1.77. The average molecular weight is 193 g/mol. The van der Waals surface area contributed by atoms with Crippen molar-refractivity contribution in [2.75, 3.05) is 5.73 Å². The molecule has 2 nitrogen and oxygen atoms in total. The van der Waals surface area contributed by atoms with Crippen LogP contribution in [-0.2, 0) is 0 Å². The zero-order valence-corrected chi connectivity index (χ0v) is 7.97. The number of nitrogens with zero attached hydrogens (tertiary/aromatic N) is 1. The van der Waals surface area contributed by atoms with Crippen molar-refractivity contribution in [1.82, 2.24) is 4.98 Å². The van der Waals surface area contributed by atoms with E-state index < -0.39 is 0 Å². The van der Waals surface area contributed by atoms with Gasteiger partial charge in [-0.1, -0.05) is 11.6 Å². The molecule has 2 aromatic rings. The normalized spacial score (nSPS) is 10.6. The van der Waals surface area contributed by atoms with Crippen LogP contribution in [0.4, 0.5) is 5.69 Å². The standard InChI is InChI=1S/C10H9ClN2/c1-6-8-4-7(12)5-13-10(8)3-2-9(6)11/h2-5H,12H2,1H3. The Hall–Kier alpha value is -1.28. The maximum absolute atomic E-state index is 5.97. The lowest BCUT2D eigenvalue weighted by Crippen LogP contribution is -1.89. The van der Waals surface area contributed by atoms with Crippen molar-refractivity contribution in [3.63, 3.8) is 0 Å². The highest BCUT2D eigenvalue weighted by atomic mass is 35.5. The summed E-state index contributed by atoms with van der Waals surface area (Å²) in [5.74, 6) is 0. The maximum Gasteiger partial charge on any atom is 0.0707 e. The Kier molecular flexibility index (Phi) is 1.85. The van der Waals surface area contributed by atoms with Crippen LogP contribution in [0.25, 0.3) is 10.9 Å². The average Bonchev–Trinajstić information content (AvgIpc) is 2.12. The van der Waals surface area contributed by atoms with Gasteiger partial charge in [0.1, 0.15) is 0 Å². The fourth-order valence-corrected chi connectivity index (χ4v) is 1.50. The number of anilines is 1. The van der Waals surface area contributed by atoms with Crippen molar-refractivity contribution >= 4 is 28.2 Å². The molecule has 1 heterocycles. The molecule has 0 spiro atoms. The molecule has 0 atom stereocenters. The molecule has 2 N–H and O–H groups in total. The highest BCUT2D eigenvalue weighted by Crippen LogP contribution is 2.24. The van der Waals surface area contributed by atoms with Crippen molar-refractivity contribution in [2.45, 2.75) is 6.92 Å². The second-order valence-corrected chi connectivity index (χ2v) is 3.41. The van der Waals surface area contributed by atoms with E-state index in [9.17, 15) is 0 Å². The van der Waals surface area contributed by atoms with Gasteiger partial charge in [0.15, 0.2) is 0 Å². The molecular weight excluding hydrogens is 184 g/mol. The molecule has 1 aromatic carbocycles. The fourth-order valence-electron chi connectivity index (χ4n) is 1.33. The number of hydrogen-bond donors (Lipinski definition) is 1. The van der Waals surface area contributed by atoms with Crippen LogP contribution in [0.3, 0.4) is 0 Å². The molecule has 3 heteroatoms. The summed E-state index contributed by atoms with van der Waals surface area (Å²) < 4.78 is 0.